The van der Waals surface area contributed by atoms with Gasteiger partial charge in [-0.25, -0.2) is 14.9 Å². The first-order valence-electron chi connectivity index (χ1n) is 6.38. The molecular weight excluding hydrogens is 333 g/mol. The lowest BCUT2D eigenvalue weighted by Crippen LogP contribution is -2.19. The number of nitrogens with one attached hydrogen (secondary N) is 2. The maximum atomic E-state index is 11.7. The Bertz CT molecular complexity index is 697. The highest BCUT2D eigenvalue weighted by Crippen LogP contribution is 2.35. The molecule has 0 aliphatic rings. The Kier molecular flexibility index (Phi) is 5.18. The lowest BCUT2D eigenvalue weighted by Gasteiger charge is -2.11. The summed E-state index contributed by atoms with van der Waals surface area (Å²) in [5, 5.41) is 11.4. The molecule has 0 bridgehead atoms. The number of pyridine rings is 1. The van der Waals surface area contributed by atoms with Gasteiger partial charge < -0.3 is 5.32 Å². The summed E-state index contributed by atoms with van der Waals surface area (Å²) in [6, 6.07) is 1.61. The molecule has 0 aromatic carbocycles. The van der Waals surface area contributed by atoms with E-state index in [9.17, 15) is 4.79 Å². The number of halogens is 2. The van der Waals surface area contributed by atoms with Crippen LogP contribution in [0.2, 0.25) is 10.0 Å². The average molecular weight is 348 g/mol. The topological polar surface area (TPSA) is 75.6 Å². The average Bonchev–Trinajstić information content (AvgIpc) is 2.76. The van der Waals surface area contributed by atoms with Gasteiger partial charge in [0.05, 0.1) is 10.0 Å². The monoisotopic (exact) mass is 347 g/mol. The Balaban J connectivity index is 2.40. The van der Waals surface area contributed by atoms with Crippen molar-refractivity contribution in [2.75, 3.05) is 11.9 Å². The van der Waals surface area contributed by atoms with Crippen molar-refractivity contribution in [1.82, 2.24) is 19.7 Å². The molecule has 2 N–H and O–H groups in total. The SMILES string of the molecule is CCNc1nc(Sc2n[nH]c(=O)n2C(C)C)c(Cl)cc1Cl. The van der Waals surface area contributed by atoms with Crippen LogP contribution in [0.15, 0.2) is 21.0 Å². The summed E-state index contributed by atoms with van der Waals surface area (Å²) in [6.45, 7) is 6.45. The van der Waals surface area contributed by atoms with Gasteiger partial charge in [0.1, 0.15) is 10.8 Å². The molecule has 2 rings (SSSR count). The van der Waals surface area contributed by atoms with E-state index in [0.29, 0.717) is 32.6 Å². The second-order valence-corrected chi connectivity index (χ2v) is 6.28. The molecule has 2 heterocycles. The zero-order valence-electron chi connectivity index (χ0n) is 11.8. The summed E-state index contributed by atoms with van der Waals surface area (Å²) in [4.78, 5) is 16.1. The summed E-state index contributed by atoms with van der Waals surface area (Å²) in [5.74, 6) is 0.556. The van der Waals surface area contributed by atoms with Gasteiger partial charge in [-0.15, -0.1) is 5.10 Å². The number of anilines is 1. The fraction of sp³-hybridized carbons (Fsp3) is 0.417. The first-order valence-corrected chi connectivity index (χ1v) is 7.96. The van der Waals surface area contributed by atoms with Gasteiger partial charge >= 0.3 is 5.69 Å². The number of H-pyrrole nitrogens is 1. The molecule has 2 aromatic heterocycles. The molecular formula is C12H15Cl2N5OS. The van der Waals surface area contributed by atoms with Crippen LogP contribution in [0.5, 0.6) is 0 Å². The smallest absolute Gasteiger partial charge is 0.344 e. The molecule has 114 valence electrons. The zero-order chi connectivity index (χ0) is 15.6. The molecule has 0 fully saturated rings. The van der Waals surface area contributed by atoms with Crippen LogP contribution < -0.4 is 11.0 Å². The first-order chi connectivity index (χ1) is 9.93. The van der Waals surface area contributed by atoms with E-state index in [-0.39, 0.29) is 11.7 Å². The van der Waals surface area contributed by atoms with Crippen molar-refractivity contribution in [1.29, 1.82) is 0 Å². The van der Waals surface area contributed by atoms with Gasteiger partial charge in [0.25, 0.3) is 0 Å². The number of nitrogens with zero attached hydrogens (tertiary/aromatic N) is 3. The number of aromatic nitrogens is 4. The summed E-state index contributed by atoms with van der Waals surface area (Å²) in [5.41, 5.74) is -0.260. The quantitative estimate of drug-likeness (QED) is 0.866. The van der Waals surface area contributed by atoms with Crippen molar-refractivity contribution >= 4 is 40.8 Å². The van der Waals surface area contributed by atoms with Crippen molar-refractivity contribution < 1.29 is 0 Å². The van der Waals surface area contributed by atoms with Gasteiger partial charge in [-0.05, 0) is 38.6 Å². The van der Waals surface area contributed by atoms with Gasteiger partial charge in [0.2, 0.25) is 0 Å². The molecule has 0 saturated carbocycles. The van der Waals surface area contributed by atoms with Crippen molar-refractivity contribution in [2.45, 2.75) is 37.0 Å². The molecule has 0 aliphatic carbocycles. The predicted molar refractivity (Wildman–Crippen MR) is 85.8 cm³/mol. The second kappa shape index (κ2) is 6.72. The maximum Gasteiger partial charge on any atom is 0.344 e. The van der Waals surface area contributed by atoms with Gasteiger partial charge in [-0.3, -0.25) is 4.57 Å². The minimum atomic E-state index is -0.260. The third-order valence-corrected chi connectivity index (χ3v) is 4.28. The van der Waals surface area contributed by atoms with Crippen LogP contribution in [0, 0.1) is 0 Å². The van der Waals surface area contributed by atoms with E-state index in [2.05, 4.69) is 20.5 Å². The van der Waals surface area contributed by atoms with E-state index in [4.69, 9.17) is 23.2 Å². The van der Waals surface area contributed by atoms with Gasteiger partial charge in [-0.1, -0.05) is 23.2 Å². The molecule has 9 heteroatoms. The normalized spacial score (nSPS) is 11.1. The third-order valence-electron chi connectivity index (χ3n) is 2.62. The molecule has 0 amide bonds. The largest absolute Gasteiger partial charge is 0.369 e. The molecule has 0 aliphatic heterocycles. The Hall–Kier alpha value is -1.18. The highest BCUT2D eigenvalue weighted by Gasteiger charge is 2.16. The number of hydrogen-bond donors (Lipinski definition) is 2. The van der Waals surface area contributed by atoms with E-state index in [1.54, 1.807) is 10.6 Å². The fourth-order valence-electron chi connectivity index (χ4n) is 1.72. The van der Waals surface area contributed by atoms with E-state index in [0.717, 1.165) is 0 Å². The number of rotatable bonds is 5. The first kappa shape index (κ1) is 16.2. The van der Waals surface area contributed by atoms with Crippen molar-refractivity contribution in [2.24, 2.45) is 0 Å². The van der Waals surface area contributed by atoms with E-state index < -0.39 is 0 Å². The van der Waals surface area contributed by atoms with Crippen LogP contribution in [-0.2, 0) is 0 Å². The van der Waals surface area contributed by atoms with E-state index >= 15 is 0 Å². The lowest BCUT2D eigenvalue weighted by molar-refractivity contribution is 0.534. The van der Waals surface area contributed by atoms with Crippen LogP contribution in [0.25, 0.3) is 0 Å². The molecule has 0 spiro atoms. The van der Waals surface area contributed by atoms with E-state index in [1.165, 1.54) is 11.8 Å². The molecule has 0 atom stereocenters. The third kappa shape index (κ3) is 3.53. The Morgan fingerprint density at radius 2 is 2.14 bits per heavy atom. The fourth-order valence-corrected chi connectivity index (χ4v) is 3.21. The standard InChI is InChI=1S/C12H15Cl2N5OS/c1-4-15-9-7(13)5-8(14)10(16-9)21-12-18-17-11(20)19(12)6(2)3/h5-6H,4H2,1-3H3,(H,15,16)(H,17,20). The molecule has 0 saturated heterocycles. The molecule has 21 heavy (non-hydrogen) atoms. The van der Waals surface area contributed by atoms with Crippen LogP contribution in [-0.4, -0.2) is 26.3 Å². The second-order valence-electron chi connectivity index (χ2n) is 4.51. The highest BCUT2D eigenvalue weighted by atomic mass is 35.5. The summed E-state index contributed by atoms with van der Waals surface area (Å²) in [7, 11) is 0. The molecule has 6 nitrogen and oxygen atoms in total. The van der Waals surface area contributed by atoms with E-state index in [1.807, 2.05) is 20.8 Å². The van der Waals surface area contributed by atoms with Crippen LogP contribution in [0.1, 0.15) is 26.8 Å². The Morgan fingerprint density at radius 1 is 1.43 bits per heavy atom. The zero-order valence-corrected chi connectivity index (χ0v) is 14.1. The van der Waals surface area contributed by atoms with Gasteiger partial charge in [-0.2, -0.15) is 0 Å². The van der Waals surface area contributed by atoms with Crippen molar-refractivity contribution in [3.05, 3.63) is 26.6 Å². The van der Waals surface area contributed by atoms with Crippen molar-refractivity contribution in [3.63, 3.8) is 0 Å². The summed E-state index contributed by atoms with van der Waals surface area (Å²) < 4.78 is 1.55. The molecule has 0 radical (unpaired) electrons. The van der Waals surface area contributed by atoms with Crippen LogP contribution in [0.3, 0.4) is 0 Å². The summed E-state index contributed by atoms with van der Waals surface area (Å²) in [6.07, 6.45) is 0. The van der Waals surface area contributed by atoms with Crippen LogP contribution >= 0.6 is 35.0 Å². The predicted octanol–water partition coefficient (Wildman–Crippen LogP) is 3.44. The lowest BCUT2D eigenvalue weighted by atomic mass is 10.4. The minimum Gasteiger partial charge on any atom is -0.369 e. The number of hydrogen-bond acceptors (Lipinski definition) is 5. The van der Waals surface area contributed by atoms with Gasteiger partial charge in [0.15, 0.2) is 5.16 Å². The highest BCUT2D eigenvalue weighted by molar-refractivity contribution is 7.99. The van der Waals surface area contributed by atoms with Crippen molar-refractivity contribution in [3.8, 4) is 0 Å². The number of aromatic amines is 1. The Labute approximate surface area is 136 Å². The summed E-state index contributed by atoms with van der Waals surface area (Å²) >= 11 is 13.5. The van der Waals surface area contributed by atoms with Gasteiger partial charge in [0, 0.05) is 12.6 Å². The Morgan fingerprint density at radius 3 is 2.76 bits per heavy atom. The minimum absolute atomic E-state index is 0.0157. The molecule has 0 unspecified atom stereocenters. The van der Waals surface area contributed by atoms with Crippen LogP contribution in [0.4, 0.5) is 5.82 Å². The molecule has 2 aromatic rings. The maximum absolute atomic E-state index is 11.7.